The lowest BCUT2D eigenvalue weighted by molar-refractivity contribution is -0.141. The fourth-order valence-corrected chi connectivity index (χ4v) is 3.81. The molecule has 0 aliphatic carbocycles. The summed E-state index contributed by atoms with van der Waals surface area (Å²) >= 11 is 0. The van der Waals surface area contributed by atoms with E-state index in [-0.39, 0.29) is 35.7 Å². The van der Waals surface area contributed by atoms with E-state index in [1.165, 1.54) is 6.92 Å². The molecule has 0 saturated carbocycles. The van der Waals surface area contributed by atoms with Crippen molar-refractivity contribution in [3.05, 3.63) is 0 Å². The Balaban J connectivity index is 1.77. The van der Waals surface area contributed by atoms with Gasteiger partial charge in [0, 0.05) is 51.6 Å². The van der Waals surface area contributed by atoms with Gasteiger partial charge in [-0.1, -0.05) is 0 Å². The summed E-state index contributed by atoms with van der Waals surface area (Å²) in [6, 6.07) is 0.349. The summed E-state index contributed by atoms with van der Waals surface area (Å²) in [6.07, 6.45) is 3.46. The molecule has 0 aromatic heterocycles. The number of likely N-dealkylation sites (tertiary alicyclic amines) is 2. The highest BCUT2D eigenvalue weighted by Gasteiger charge is 2.31. The molecule has 0 radical (unpaired) electrons. The van der Waals surface area contributed by atoms with Crippen LogP contribution in [0.15, 0.2) is 0 Å². The number of hydrogen-bond acceptors (Lipinski definition) is 4. The van der Waals surface area contributed by atoms with Crippen LogP contribution >= 0.6 is 0 Å². The summed E-state index contributed by atoms with van der Waals surface area (Å²) in [7, 11) is 1.85. The zero-order valence-electron chi connectivity index (χ0n) is 16.7. The fourth-order valence-electron chi connectivity index (χ4n) is 3.81. The van der Waals surface area contributed by atoms with Gasteiger partial charge in [-0.2, -0.15) is 0 Å². The maximum absolute atomic E-state index is 12.6. The van der Waals surface area contributed by atoms with Crippen LogP contribution in [-0.2, 0) is 14.4 Å². The van der Waals surface area contributed by atoms with E-state index in [1.807, 2.05) is 25.8 Å². The number of nitrogens with one attached hydrogen (secondary N) is 1. The Morgan fingerprint density at radius 3 is 2.35 bits per heavy atom. The van der Waals surface area contributed by atoms with Crippen LogP contribution < -0.4 is 5.32 Å². The SMILES string of the molecule is CC(=O)NC1CCCN(CC(=O)N2CCC(C(=O)N(C)C(C)C)CC2)C1. The average Bonchev–Trinajstić information content (AvgIpc) is 2.60. The molecule has 3 amide bonds. The number of piperidine rings is 2. The van der Waals surface area contributed by atoms with Crippen molar-refractivity contribution in [1.29, 1.82) is 0 Å². The van der Waals surface area contributed by atoms with Crippen molar-refractivity contribution in [3.8, 4) is 0 Å². The van der Waals surface area contributed by atoms with Gasteiger partial charge in [0.2, 0.25) is 17.7 Å². The number of hydrogen-bond donors (Lipinski definition) is 1. The molecule has 26 heavy (non-hydrogen) atoms. The summed E-state index contributed by atoms with van der Waals surface area (Å²) in [5.41, 5.74) is 0. The fraction of sp³-hybridized carbons (Fsp3) is 0.842. The largest absolute Gasteiger partial charge is 0.352 e. The Morgan fingerprint density at radius 2 is 1.77 bits per heavy atom. The van der Waals surface area contributed by atoms with Crippen LogP contribution in [0.4, 0.5) is 0 Å². The van der Waals surface area contributed by atoms with E-state index in [0.717, 1.165) is 38.8 Å². The standard InChI is InChI=1S/C19H34N4O3/c1-14(2)21(4)19(26)16-7-10-23(11-8-16)18(25)13-22-9-5-6-17(12-22)20-15(3)24/h14,16-17H,5-13H2,1-4H3,(H,20,24). The van der Waals surface area contributed by atoms with E-state index < -0.39 is 0 Å². The topological polar surface area (TPSA) is 73.0 Å². The van der Waals surface area contributed by atoms with Crippen molar-refractivity contribution in [3.63, 3.8) is 0 Å². The maximum Gasteiger partial charge on any atom is 0.236 e. The van der Waals surface area contributed by atoms with E-state index in [2.05, 4.69) is 10.2 Å². The predicted octanol–water partition coefficient (Wildman–Crippen LogP) is 0.692. The van der Waals surface area contributed by atoms with Gasteiger partial charge in [-0.3, -0.25) is 19.3 Å². The number of amides is 3. The van der Waals surface area contributed by atoms with Crippen molar-refractivity contribution in [2.75, 3.05) is 39.8 Å². The molecular weight excluding hydrogens is 332 g/mol. The highest BCUT2D eigenvalue weighted by atomic mass is 16.2. The van der Waals surface area contributed by atoms with Crippen molar-refractivity contribution in [2.45, 2.75) is 58.5 Å². The Bertz CT molecular complexity index is 515. The number of rotatable bonds is 5. The molecular formula is C19H34N4O3. The summed E-state index contributed by atoms with van der Waals surface area (Å²) < 4.78 is 0. The second-order valence-corrected chi connectivity index (χ2v) is 7.97. The van der Waals surface area contributed by atoms with Crippen molar-refractivity contribution >= 4 is 17.7 Å². The van der Waals surface area contributed by atoms with Crippen molar-refractivity contribution < 1.29 is 14.4 Å². The summed E-state index contributed by atoms with van der Waals surface area (Å²) in [4.78, 5) is 42.1. The number of carbonyl (C=O) groups is 3. The predicted molar refractivity (Wildman–Crippen MR) is 100 cm³/mol. The van der Waals surface area contributed by atoms with Crippen LogP contribution in [-0.4, -0.2) is 84.3 Å². The lowest BCUT2D eigenvalue weighted by Crippen LogP contribution is -2.51. The first kappa shape index (κ1) is 20.7. The zero-order valence-corrected chi connectivity index (χ0v) is 16.7. The van der Waals surface area contributed by atoms with Crippen molar-refractivity contribution in [2.24, 2.45) is 5.92 Å². The minimum Gasteiger partial charge on any atom is -0.352 e. The smallest absolute Gasteiger partial charge is 0.236 e. The minimum atomic E-state index is -0.0127. The molecule has 1 N–H and O–H groups in total. The van der Waals surface area contributed by atoms with Gasteiger partial charge >= 0.3 is 0 Å². The molecule has 1 atom stereocenters. The van der Waals surface area contributed by atoms with Gasteiger partial charge < -0.3 is 15.1 Å². The molecule has 2 aliphatic rings. The van der Waals surface area contributed by atoms with Crippen molar-refractivity contribution in [1.82, 2.24) is 20.0 Å². The first-order chi connectivity index (χ1) is 12.3. The van der Waals surface area contributed by atoms with Crippen LogP contribution in [0.1, 0.15) is 46.5 Å². The van der Waals surface area contributed by atoms with Crippen LogP contribution in [0.5, 0.6) is 0 Å². The van der Waals surface area contributed by atoms with Gasteiger partial charge in [-0.25, -0.2) is 0 Å². The maximum atomic E-state index is 12.6. The molecule has 0 aromatic rings. The van der Waals surface area contributed by atoms with Crippen LogP contribution in [0, 0.1) is 5.92 Å². The number of nitrogens with zero attached hydrogens (tertiary/aromatic N) is 3. The third-order valence-electron chi connectivity index (χ3n) is 5.59. The molecule has 2 fully saturated rings. The quantitative estimate of drug-likeness (QED) is 0.777. The van der Waals surface area contributed by atoms with Gasteiger partial charge in [0.1, 0.15) is 0 Å². The highest BCUT2D eigenvalue weighted by molar-refractivity contribution is 5.81. The Kier molecular flexibility index (Phi) is 7.43. The third-order valence-corrected chi connectivity index (χ3v) is 5.59. The summed E-state index contributed by atoms with van der Waals surface area (Å²) in [5.74, 6) is 0.352. The van der Waals surface area contributed by atoms with E-state index >= 15 is 0 Å². The van der Waals surface area contributed by atoms with Gasteiger partial charge in [-0.05, 0) is 46.1 Å². The van der Waals surface area contributed by atoms with Gasteiger partial charge in [0.05, 0.1) is 6.54 Å². The molecule has 0 bridgehead atoms. The number of carbonyl (C=O) groups excluding carboxylic acids is 3. The Morgan fingerprint density at radius 1 is 1.12 bits per heavy atom. The molecule has 0 spiro atoms. The Labute approximate surface area is 157 Å². The molecule has 7 heteroatoms. The van der Waals surface area contributed by atoms with Crippen LogP contribution in [0.25, 0.3) is 0 Å². The molecule has 0 aromatic carbocycles. The van der Waals surface area contributed by atoms with E-state index in [1.54, 1.807) is 4.90 Å². The average molecular weight is 367 g/mol. The zero-order chi connectivity index (χ0) is 19.3. The molecule has 2 heterocycles. The van der Waals surface area contributed by atoms with E-state index in [0.29, 0.717) is 19.6 Å². The Hall–Kier alpha value is -1.63. The lowest BCUT2D eigenvalue weighted by atomic mass is 9.95. The van der Waals surface area contributed by atoms with Gasteiger partial charge in [0.25, 0.3) is 0 Å². The molecule has 7 nitrogen and oxygen atoms in total. The van der Waals surface area contributed by atoms with Gasteiger partial charge in [-0.15, -0.1) is 0 Å². The van der Waals surface area contributed by atoms with Crippen LogP contribution in [0.3, 0.4) is 0 Å². The second kappa shape index (κ2) is 9.35. The summed E-state index contributed by atoms with van der Waals surface area (Å²) in [5, 5.41) is 2.95. The normalized spacial score (nSPS) is 22.3. The monoisotopic (exact) mass is 366 g/mol. The summed E-state index contributed by atoms with van der Waals surface area (Å²) in [6.45, 7) is 8.92. The van der Waals surface area contributed by atoms with Gasteiger partial charge in [0.15, 0.2) is 0 Å². The van der Waals surface area contributed by atoms with Crippen LogP contribution in [0.2, 0.25) is 0 Å². The first-order valence-corrected chi connectivity index (χ1v) is 9.81. The van der Waals surface area contributed by atoms with E-state index in [4.69, 9.17) is 0 Å². The first-order valence-electron chi connectivity index (χ1n) is 9.81. The molecule has 2 rings (SSSR count). The highest BCUT2D eigenvalue weighted by Crippen LogP contribution is 2.21. The minimum absolute atomic E-state index is 0.0127. The molecule has 2 aliphatic heterocycles. The van der Waals surface area contributed by atoms with E-state index in [9.17, 15) is 14.4 Å². The molecule has 2 saturated heterocycles. The second-order valence-electron chi connectivity index (χ2n) is 7.97. The molecule has 1 unspecified atom stereocenters. The lowest BCUT2D eigenvalue weighted by Gasteiger charge is -2.37. The molecule has 148 valence electrons. The third kappa shape index (κ3) is 5.69.